The molecule has 238 valence electrons. The van der Waals surface area contributed by atoms with Gasteiger partial charge in [0.1, 0.15) is 0 Å². The Balaban J connectivity index is 3.75. The van der Waals surface area contributed by atoms with E-state index in [1.165, 1.54) is 6.92 Å². The molecule has 41 heavy (non-hydrogen) atoms. The summed E-state index contributed by atoms with van der Waals surface area (Å²) in [6.07, 6.45) is 5.99. The van der Waals surface area contributed by atoms with Crippen molar-refractivity contribution in [2.24, 2.45) is 0 Å². The van der Waals surface area contributed by atoms with Crippen LogP contribution in [0.5, 0.6) is 0 Å². The maximum Gasteiger partial charge on any atom is 0.246 e. The molecular formula is C26H51N7O8. The lowest BCUT2D eigenvalue weighted by Crippen LogP contribution is -2.31. The molecule has 0 heterocycles. The topological polar surface area (TPSA) is 204 Å². The third-order valence-corrected chi connectivity index (χ3v) is 6.16. The molecule has 0 fully saturated rings. The molecule has 7 N–H and O–H groups in total. The zero-order valence-corrected chi connectivity index (χ0v) is 24.7. The number of hydrogen-bond donors (Lipinski definition) is 7. The minimum absolute atomic E-state index is 0.0158. The van der Waals surface area contributed by atoms with E-state index in [0.29, 0.717) is 66.8 Å². The first-order chi connectivity index (χ1) is 19.6. The zero-order chi connectivity index (χ0) is 30.9. The fraction of sp³-hybridized carbons (Fsp3) is 0.808. The van der Waals surface area contributed by atoms with Crippen molar-refractivity contribution in [3.8, 4) is 0 Å². The van der Waals surface area contributed by atoms with Crippen LogP contribution in [-0.4, -0.2) is 107 Å². The molecule has 0 aliphatic carbocycles. The number of nitrogens with one attached hydrogen (secondary N) is 4. The predicted octanol–water partition coefficient (Wildman–Crippen LogP) is 0.687. The second kappa shape index (κ2) is 24.9. The van der Waals surface area contributed by atoms with Gasteiger partial charge in [-0.05, 0) is 58.4 Å². The van der Waals surface area contributed by atoms with Crippen LogP contribution in [0, 0.1) is 0 Å². The minimum atomic E-state index is -0.547. The molecular weight excluding hydrogens is 538 g/mol. The Kier molecular flexibility index (Phi) is 23.2. The molecule has 15 nitrogen and oxygen atoms in total. The molecule has 0 rings (SSSR count). The van der Waals surface area contributed by atoms with Crippen LogP contribution in [0.3, 0.4) is 0 Å². The largest absolute Gasteiger partial charge is 0.356 e. The van der Waals surface area contributed by atoms with E-state index >= 15 is 0 Å². The fourth-order valence-corrected chi connectivity index (χ4v) is 3.64. The Labute approximate surface area is 242 Å². The van der Waals surface area contributed by atoms with Gasteiger partial charge in [0.15, 0.2) is 0 Å². The molecule has 0 aromatic rings. The van der Waals surface area contributed by atoms with Crippen LogP contribution in [0.1, 0.15) is 90.4 Å². The third kappa shape index (κ3) is 22.5. The Morgan fingerprint density at radius 1 is 0.537 bits per heavy atom. The SMILES string of the molecule is CNNCCCCCN(O)C(=O)CCC(=O)NCCCCCN(O)C(=O)CCC(=O)NCCCCCN(O)C(C)=O. The number of hydrogen-bond acceptors (Lipinski definition) is 10. The highest BCUT2D eigenvalue weighted by molar-refractivity contribution is 5.83. The summed E-state index contributed by atoms with van der Waals surface area (Å²) in [5.41, 5.74) is 5.78. The van der Waals surface area contributed by atoms with Crippen LogP contribution in [0.4, 0.5) is 0 Å². The van der Waals surface area contributed by atoms with Gasteiger partial charge in [-0.3, -0.25) is 50.4 Å². The van der Waals surface area contributed by atoms with Gasteiger partial charge in [-0.2, -0.15) is 0 Å². The van der Waals surface area contributed by atoms with E-state index < -0.39 is 17.7 Å². The summed E-state index contributed by atoms with van der Waals surface area (Å²) in [6, 6.07) is 0. The van der Waals surface area contributed by atoms with E-state index in [4.69, 9.17) is 0 Å². The highest BCUT2D eigenvalue weighted by Gasteiger charge is 2.14. The molecule has 15 heteroatoms. The average molecular weight is 590 g/mol. The summed E-state index contributed by atoms with van der Waals surface area (Å²) in [4.78, 5) is 58.6. The van der Waals surface area contributed by atoms with Crippen molar-refractivity contribution in [3.05, 3.63) is 0 Å². The number of carbonyl (C=O) groups excluding carboxylic acids is 5. The van der Waals surface area contributed by atoms with E-state index in [1.54, 1.807) is 7.05 Å². The number of unbranched alkanes of at least 4 members (excludes halogenated alkanes) is 6. The van der Waals surface area contributed by atoms with Crippen molar-refractivity contribution in [1.82, 2.24) is 36.7 Å². The van der Waals surface area contributed by atoms with Crippen molar-refractivity contribution in [3.63, 3.8) is 0 Å². The van der Waals surface area contributed by atoms with E-state index in [1.807, 2.05) is 0 Å². The lowest BCUT2D eigenvalue weighted by Gasteiger charge is -2.15. The van der Waals surface area contributed by atoms with Gasteiger partial charge in [0.05, 0.1) is 0 Å². The summed E-state index contributed by atoms with van der Waals surface area (Å²) in [5.74, 6) is -2.03. The summed E-state index contributed by atoms with van der Waals surface area (Å²) >= 11 is 0. The molecule has 0 aromatic carbocycles. The van der Waals surface area contributed by atoms with Crippen molar-refractivity contribution in [2.75, 3.05) is 46.3 Å². The van der Waals surface area contributed by atoms with E-state index in [0.717, 1.165) is 25.8 Å². The summed E-state index contributed by atoms with van der Waals surface area (Å²) < 4.78 is 0. The molecule has 0 atom stereocenters. The number of amides is 5. The first-order valence-corrected chi connectivity index (χ1v) is 14.5. The Bertz CT molecular complexity index is 772. The van der Waals surface area contributed by atoms with Crippen LogP contribution in [-0.2, 0) is 24.0 Å². The van der Waals surface area contributed by atoms with E-state index in [2.05, 4.69) is 21.5 Å². The average Bonchev–Trinajstić information content (AvgIpc) is 2.95. The molecule has 0 bridgehead atoms. The molecule has 5 amide bonds. The maximum atomic E-state index is 12.0. The van der Waals surface area contributed by atoms with Crippen molar-refractivity contribution >= 4 is 29.5 Å². The molecule has 0 unspecified atom stereocenters. The van der Waals surface area contributed by atoms with Crippen LogP contribution in [0.15, 0.2) is 0 Å². The van der Waals surface area contributed by atoms with Gasteiger partial charge in [0.25, 0.3) is 0 Å². The van der Waals surface area contributed by atoms with Crippen LogP contribution in [0.25, 0.3) is 0 Å². The van der Waals surface area contributed by atoms with Gasteiger partial charge in [-0.25, -0.2) is 15.2 Å². The van der Waals surface area contributed by atoms with Gasteiger partial charge in [-0.15, -0.1) is 0 Å². The molecule has 0 saturated carbocycles. The molecule has 0 aromatic heterocycles. The number of carbonyl (C=O) groups is 5. The van der Waals surface area contributed by atoms with Gasteiger partial charge in [0, 0.05) is 71.9 Å². The summed E-state index contributed by atoms with van der Waals surface area (Å²) in [6.45, 7) is 3.47. The van der Waals surface area contributed by atoms with Crippen LogP contribution < -0.4 is 21.5 Å². The highest BCUT2D eigenvalue weighted by Crippen LogP contribution is 2.03. The summed E-state index contributed by atoms with van der Waals surface area (Å²) in [5, 5.41) is 36.2. The van der Waals surface area contributed by atoms with E-state index in [-0.39, 0.29) is 57.1 Å². The third-order valence-electron chi connectivity index (χ3n) is 6.16. The molecule has 0 radical (unpaired) electrons. The Morgan fingerprint density at radius 2 is 0.927 bits per heavy atom. The fourth-order valence-electron chi connectivity index (χ4n) is 3.64. The van der Waals surface area contributed by atoms with Crippen molar-refractivity contribution in [1.29, 1.82) is 0 Å². The van der Waals surface area contributed by atoms with Crippen LogP contribution in [0.2, 0.25) is 0 Å². The minimum Gasteiger partial charge on any atom is -0.356 e. The predicted molar refractivity (Wildman–Crippen MR) is 149 cm³/mol. The van der Waals surface area contributed by atoms with Gasteiger partial charge in [-0.1, -0.05) is 6.42 Å². The normalized spacial score (nSPS) is 10.7. The highest BCUT2D eigenvalue weighted by atomic mass is 16.5. The number of nitrogens with zero attached hydrogens (tertiary/aromatic N) is 3. The van der Waals surface area contributed by atoms with Gasteiger partial charge >= 0.3 is 0 Å². The molecule has 0 spiro atoms. The number of hydroxylamine groups is 6. The second-order valence-electron chi connectivity index (χ2n) is 9.73. The standard InChI is InChI=1S/C26H51N7O8/c1-22(34)31(39)19-9-3-6-16-28-23(35)12-14-25(37)32(40)20-10-4-7-17-29-24(36)13-15-26(38)33(41)21-11-5-8-18-30-27-2/h27,30,39-41H,3-21H2,1-2H3,(H,28,35)(H,29,36). The van der Waals surface area contributed by atoms with Gasteiger partial charge < -0.3 is 10.6 Å². The maximum absolute atomic E-state index is 12.0. The second-order valence-corrected chi connectivity index (χ2v) is 9.73. The van der Waals surface area contributed by atoms with Crippen LogP contribution >= 0.6 is 0 Å². The molecule has 0 saturated heterocycles. The Hall–Kier alpha value is -2.85. The van der Waals surface area contributed by atoms with E-state index in [9.17, 15) is 39.6 Å². The molecule has 0 aliphatic rings. The number of rotatable bonds is 25. The smallest absolute Gasteiger partial charge is 0.246 e. The first-order valence-electron chi connectivity index (χ1n) is 14.5. The zero-order valence-electron chi connectivity index (χ0n) is 24.7. The lowest BCUT2D eigenvalue weighted by molar-refractivity contribution is -0.166. The first kappa shape index (κ1) is 38.1. The Morgan fingerprint density at radius 3 is 1.32 bits per heavy atom. The monoisotopic (exact) mass is 589 g/mol. The van der Waals surface area contributed by atoms with Gasteiger partial charge in [0.2, 0.25) is 29.5 Å². The lowest BCUT2D eigenvalue weighted by atomic mass is 10.2. The number of hydrazine groups is 1. The van der Waals surface area contributed by atoms with Crippen molar-refractivity contribution in [2.45, 2.75) is 90.4 Å². The molecule has 0 aliphatic heterocycles. The van der Waals surface area contributed by atoms with Crippen molar-refractivity contribution < 1.29 is 39.6 Å². The quantitative estimate of drug-likeness (QED) is 0.0451. The summed E-state index contributed by atoms with van der Waals surface area (Å²) in [7, 11) is 1.79.